The van der Waals surface area contributed by atoms with Crippen molar-refractivity contribution in [3.05, 3.63) is 23.8 Å². The Bertz CT molecular complexity index is 478. The average Bonchev–Trinajstić information content (AvgIpc) is 2.48. The Kier molecular flexibility index (Phi) is 7.04. The molecule has 0 saturated heterocycles. The molecule has 2 N–H and O–H groups in total. The molecule has 4 nitrogen and oxygen atoms in total. The third kappa shape index (κ3) is 5.65. The second-order valence-corrected chi connectivity index (χ2v) is 5.79. The molecule has 0 amide bonds. The van der Waals surface area contributed by atoms with Gasteiger partial charge in [0.2, 0.25) is 0 Å². The molecule has 0 aromatic heterocycles. The van der Waals surface area contributed by atoms with Gasteiger partial charge in [-0.15, -0.1) is 0 Å². The van der Waals surface area contributed by atoms with Crippen LogP contribution in [0.1, 0.15) is 38.7 Å². The van der Waals surface area contributed by atoms with Crippen molar-refractivity contribution in [3.63, 3.8) is 0 Å². The molecule has 0 aliphatic heterocycles. The maximum absolute atomic E-state index is 8.98. The maximum atomic E-state index is 8.98. The van der Waals surface area contributed by atoms with Crippen LogP contribution < -0.4 is 15.2 Å². The highest BCUT2D eigenvalue weighted by molar-refractivity contribution is 5.46. The number of rotatable bonds is 9. The van der Waals surface area contributed by atoms with Gasteiger partial charge in [0.25, 0.3) is 0 Å². The van der Waals surface area contributed by atoms with Crippen molar-refractivity contribution in [2.24, 2.45) is 11.1 Å². The molecule has 0 aliphatic carbocycles. The molecule has 1 aromatic rings. The summed E-state index contributed by atoms with van der Waals surface area (Å²) in [4.78, 5) is 0. The highest BCUT2D eigenvalue weighted by Crippen LogP contribution is 2.31. The zero-order valence-electron chi connectivity index (χ0n) is 13.3. The quantitative estimate of drug-likeness (QED) is 0.709. The number of benzene rings is 1. The summed E-state index contributed by atoms with van der Waals surface area (Å²) in [6, 6.07) is 8.18. The molecule has 4 heteroatoms. The van der Waals surface area contributed by atoms with Gasteiger partial charge in [-0.2, -0.15) is 5.26 Å². The Morgan fingerprint density at radius 3 is 2.67 bits per heavy atom. The normalized spacial score (nSPS) is 11.0. The fraction of sp³-hybridized carbons (Fsp3) is 0.588. The van der Waals surface area contributed by atoms with Gasteiger partial charge in [0.1, 0.15) is 0 Å². The lowest BCUT2D eigenvalue weighted by molar-refractivity contribution is 0.275. The number of ether oxygens (including phenoxy) is 2. The largest absolute Gasteiger partial charge is 0.493 e. The minimum atomic E-state index is -0.255. The van der Waals surface area contributed by atoms with Crippen molar-refractivity contribution in [3.8, 4) is 17.6 Å². The number of nitrogens with two attached hydrogens (primary N) is 1. The van der Waals surface area contributed by atoms with Crippen LogP contribution in [0.4, 0.5) is 0 Å². The first-order valence-electron chi connectivity index (χ1n) is 7.44. The Morgan fingerprint density at radius 1 is 1.29 bits per heavy atom. The van der Waals surface area contributed by atoms with Gasteiger partial charge in [-0.1, -0.05) is 12.1 Å². The van der Waals surface area contributed by atoms with E-state index in [1.165, 1.54) is 0 Å². The van der Waals surface area contributed by atoms with E-state index in [1.54, 1.807) is 7.11 Å². The van der Waals surface area contributed by atoms with Crippen LogP contribution in [-0.2, 0) is 6.42 Å². The van der Waals surface area contributed by atoms with E-state index in [4.69, 9.17) is 20.5 Å². The highest BCUT2D eigenvalue weighted by Gasteiger charge is 2.15. The molecular formula is C17H26N2O2. The summed E-state index contributed by atoms with van der Waals surface area (Å²) in [6.45, 7) is 5.14. The molecule has 0 spiro atoms. The van der Waals surface area contributed by atoms with Crippen LogP contribution in [-0.4, -0.2) is 20.3 Å². The van der Waals surface area contributed by atoms with Gasteiger partial charge in [0, 0.05) is 0 Å². The molecule has 1 aromatic carbocycles. The van der Waals surface area contributed by atoms with Crippen molar-refractivity contribution >= 4 is 0 Å². The van der Waals surface area contributed by atoms with Crippen molar-refractivity contribution in [1.29, 1.82) is 5.26 Å². The van der Waals surface area contributed by atoms with Gasteiger partial charge in [0.15, 0.2) is 11.5 Å². The van der Waals surface area contributed by atoms with E-state index in [2.05, 4.69) is 6.07 Å². The first-order valence-corrected chi connectivity index (χ1v) is 7.44. The van der Waals surface area contributed by atoms with Gasteiger partial charge in [-0.05, 0) is 57.7 Å². The number of hydrogen-bond donors (Lipinski definition) is 1. The summed E-state index contributed by atoms with van der Waals surface area (Å²) < 4.78 is 11.2. The minimum absolute atomic E-state index is 0.255. The van der Waals surface area contributed by atoms with Crippen molar-refractivity contribution in [2.75, 3.05) is 20.3 Å². The smallest absolute Gasteiger partial charge is 0.164 e. The van der Waals surface area contributed by atoms with Crippen LogP contribution in [0.3, 0.4) is 0 Å². The zero-order valence-corrected chi connectivity index (χ0v) is 13.3. The number of unbranched alkanes of at least 4 members (excludes halogenated alkanes) is 1. The summed E-state index contributed by atoms with van der Waals surface area (Å²) >= 11 is 0. The van der Waals surface area contributed by atoms with Crippen molar-refractivity contribution < 1.29 is 9.47 Å². The summed E-state index contributed by atoms with van der Waals surface area (Å²) in [5.74, 6) is 1.54. The molecule has 0 aliphatic rings. The SMILES string of the molecule is COc1cccc(CCN)c1OCCCCC(C)(C)C#N. The molecule has 21 heavy (non-hydrogen) atoms. The van der Waals surface area contributed by atoms with Gasteiger partial charge in [0.05, 0.1) is 25.2 Å². The summed E-state index contributed by atoms with van der Waals surface area (Å²) in [5.41, 5.74) is 6.46. The summed E-state index contributed by atoms with van der Waals surface area (Å²) in [5, 5.41) is 8.98. The van der Waals surface area contributed by atoms with E-state index >= 15 is 0 Å². The van der Waals surface area contributed by atoms with Crippen LogP contribution in [0.25, 0.3) is 0 Å². The van der Waals surface area contributed by atoms with Gasteiger partial charge >= 0.3 is 0 Å². The third-order valence-electron chi connectivity index (χ3n) is 3.44. The fourth-order valence-corrected chi connectivity index (χ4v) is 2.14. The number of para-hydroxylation sites is 1. The van der Waals surface area contributed by atoms with E-state index in [-0.39, 0.29) is 5.41 Å². The predicted molar refractivity (Wildman–Crippen MR) is 84.5 cm³/mol. The molecule has 116 valence electrons. The molecule has 0 radical (unpaired) electrons. The topological polar surface area (TPSA) is 68.3 Å². The Labute approximate surface area is 127 Å². The van der Waals surface area contributed by atoms with Crippen LogP contribution in [0, 0.1) is 16.7 Å². The lowest BCUT2D eigenvalue weighted by atomic mass is 9.89. The molecule has 0 bridgehead atoms. The first kappa shape index (κ1) is 17.3. The van der Waals surface area contributed by atoms with E-state index in [1.807, 2.05) is 32.0 Å². The number of nitrogens with zero attached hydrogens (tertiary/aromatic N) is 1. The number of nitriles is 1. The van der Waals surface area contributed by atoms with Crippen LogP contribution >= 0.6 is 0 Å². The lowest BCUT2D eigenvalue weighted by Crippen LogP contribution is -2.09. The monoisotopic (exact) mass is 290 g/mol. The van der Waals surface area contributed by atoms with Crippen LogP contribution in [0.2, 0.25) is 0 Å². The standard InChI is InChI=1S/C17H26N2O2/c1-17(2,13-19)10-4-5-12-21-16-14(9-11-18)7-6-8-15(16)20-3/h6-8H,4-5,9-12,18H2,1-3H3. The van der Waals surface area contributed by atoms with E-state index in [0.717, 1.165) is 42.7 Å². The predicted octanol–water partition coefficient (Wildman–Crippen LogP) is 3.30. The van der Waals surface area contributed by atoms with Crippen LogP contribution in [0.15, 0.2) is 18.2 Å². The molecule has 0 fully saturated rings. The van der Waals surface area contributed by atoms with Gasteiger partial charge in [-0.3, -0.25) is 0 Å². The van der Waals surface area contributed by atoms with Crippen molar-refractivity contribution in [1.82, 2.24) is 0 Å². The molecule has 0 atom stereocenters. The number of methoxy groups -OCH3 is 1. The first-order chi connectivity index (χ1) is 10.0. The van der Waals surface area contributed by atoms with Gasteiger partial charge < -0.3 is 15.2 Å². The molecule has 0 heterocycles. The van der Waals surface area contributed by atoms with E-state index in [0.29, 0.717) is 13.2 Å². The van der Waals surface area contributed by atoms with Gasteiger partial charge in [-0.25, -0.2) is 0 Å². The lowest BCUT2D eigenvalue weighted by Gasteiger charge is -2.16. The second kappa shape index (κ2) is 8.53. The minimum Gasteiger partial charge on any atom is -0.493 e. The van der Waals surface area contributed by atoms with Crippen LogP contribution in [0.5, 0.6) is 11.5 Å². The number of hydrogen-bond acceptors (Lipinski definition) is 4. The average molecular weight is 290 g/mol. The Hall–Kier alpha value is -1.73. The summed E-state index contributed by atoms with van der Waals surface area (Å²) in [7, 11) is 1.64. The molecular weight excluding hydrogens is 264 g/mol. The molecule has 1 rings (SSSR count). The Balaban J connectivity index is 2.53. The third-order valence-corrected chi connectivity index (χ3v) is 3.44. The molecule has 0 unspecified atom stereocenters. The zero-order chi connectivity index (χ0) is 15.7. The molecule has 0 saturated carbocycles. The maximum Gasteiger partial charge on any atom is 0.164 e. The second-order valence-electron chi connectivity index (χ2n) is 5.79. The van der Waals surface area contributed by atoms with Crippen molar-refractivity contribution in [2.45, 2.75) is 39.5 Å². The highest BCUT2D eigenvalue weighted by atomic mass is 16.5. The van der Waals surface area contributed by atoms with E-state index in [9.17, 15) is 0 Å². The van der Waals surface area contributed by atoms with E-state index < -0.39 is 0 Å². The fourth-order valence-electron chi connectivity index (χ4n) is 2.14. The Morgan fingerprint density at radius 2 is 2.05 bits per heavy atom. The summed E-state index contributed by atoms with van der Waals surface area (Å²) in [6.07, 6.45) is 3.55.